The highest BCUT2D eigenvalue weighted by atomic mass is 16.3. The number of fused-ring (bicyclic) bond motifs is 2. The zero-order valence-electron chi connectivity index (χ0n) is 16.1. The number of hydrogen-bond donors (Lipinski definition) is 1. The van der Waals surface area contributed by atoms with Crippen LogP contribution in [0.4, 0.5) is 0 Å². The summed E-state index contributed by atoms with van der Waals surface area (Å²) in [5, 5.41) is 21.5. The molecule has 2 bridgehead atoms. The molecule has 0 aliphatic carbocycles. The lowest BCUT2D eigenvalue weighted by Gasteiger charge is -2.51. The van der Waals surface area contributed by atoms with Gasteiger partial charge >= 0.3 is 0 Å². The first-order valence-corrected chi connectivity index (χ1v) is 10.2. The maximum Gasteiger partial charge on any atom is 0.224 e. The van der Waals surface area contributed by atoms with Crippen molar-refractivity contribution >= 4 is 5.91 Å². The number of carbonyl (C=O) groups excluding carboxylic acids is 1. The van der Waals surface area contributed by atoms with Crippen LogP contribution in [-0.2, 0) is 11.3 Å². The molecule has 1 aromatic carbocycles. The van der Waals surface area contributed by atoms with E-state index in [0.717, 1.165) is 31.0 Å². The van der Waals surface area contributed by atoms with E-state index in [1.54, 1.807) is 10.7 Å². The first-order chi connectivity index (χ1) is 13.6. The van der Waals surface area contributed by atoms with Crippen molar-refractivity contribution in [3.05, 3.63) is 35.7 Å². The number of likely N-dealkylation sites (tertiary alicyclic amines) is 1. The Morgan fingerprint density at radius 2 is 2.07 bits per heavy atom. The number of benzene rings is 1. The third-order valence-corrected chi connectivity index (χ3v) is 6.86. The summed E-state index contributed by atoms with van der Waals surface area (Å²) in [7, 11) is 0. The van der Waals surface area contributed by atoms with Crippen molar-refractivity contribution in [3.63, 3.8) is 0 Å². The molecule has 1 aromatic heterocycles. The lowest BCUT2D eigenvalue weighted by molar-refractivity contribution is -0.136. The highest BCUT2D eigenvalue weighted by molar-refractivity contribution is 5.77. The molecule has 0 spiro atoms. The fourth-order valence-electron chi connectivity index (χ4n) is 5.55. The Bertz CT molecular complexity index is 875. The van der Waals surface area contributed by atoms with Crippen LogP contribution < -0.4 is 0 Å². The number of rotatable bonds is 4. The second kappa shape index (κ2) is 6.84. The zero-order chi connectivity index (χ0) is 19.3. The zero-order valence-corrected chi connectivity index (χ0v) is 16.1. The first-order valence-electron chi connectivity index (χ1n) is 10.2. The summed E-state index contributed by atoms with van der Waals surface area (Å²) < 4.78 is 1.69. The molecule has 5 heterocycles. The smallest absolute Gasteiger partial charge is 0.224 e. The van der Waals surface area contributed by atoms with Crippen LogP contribution in [-0.4, -0.2) is 72.7 Å². The van der Waals surface area contributed by atoms with Gasteiger partial charge in [-0.25, -0.2) is 4.68 Å². The molecule has 4 saturated heterocycles. The van der Waals surface area contributed by atoms with Gasteiger partial charge in [0, 0.05) is 24.9 Å². The van der Waals surface area contributed by atoms with Gasteiger partial charge in [0.05, 0.1) is 12.6 Å². The van der Waals surface area contributed by atoms with Crippen molar-refractivity contribution < 1.29 is 9.90 Å². The van der Waals surface area contributed by atoms with Crippen molar-refractivity contribution in [2.75, 3.05) is 19.6 Å². The molecule has 3 atom stereocenters. The van der Waals surface area contributed by atoms with E-state index < -0.39 is 0 Å². The molecule has 6 rings (SSSR count). The average molecular weight is 382 g/mol. The second-order valence-corrected chi connectivity index (χ2v) is 8.30. The Morgan fingerprint density at radius 3 is 2.79 bits per heavy atom. The predicted octanol–water partition coefficient (Wildman–Crippen LogP) is 1.17. The Hall–Kier alpha value is -2.48. The fraction of sp³-hybridized carbons (Fsp3) is 0.600. The molecule has 0 radical (unpaired) electrons. The standard InChI is InChI=1S/C20H26N6O2/c1-13-21-22-23-26(13)10-7-18(28)25-12-17(15-3-2-4-16(27)11-15)20-19(25)14-5-8-24(20)9-6-14/h2-4,11,14,17,19-20,27H,5-10,12H2,1H3/t17-,19+,20+/m0/s1. The number of nitrogens with zero attached hydrogens (tertiary/aromatic N) is 6. The van der Waals surface area contributed by atoms with Gasteiger partial charge in [-0.15, -0.1) is 5.10 Å². The van der Waals surface area contributed by atoms with Gasteiger partial charge in [0.15, 0.2) is 0 Å². The normalized spacial score (nSPS) is 31.2. The molecule has 0 unspecified atom stereocenters. The van der Waals surface area contributed by atoms with Gasteiger partial charge in [0.25, 0.3) is 0 Å². The maximum atomic E-state index is 13.2. The van der Waals surface area contributed by atoms with Crippen LogP contribution in [0.15, 0.2) is 24.3 Å². The van der Waals surface area contributed by atoms with Crippen LogP contribution in [0.5, 0.6) is 5.75 Å². The van der Waals surface area contributed by atoms with Crippen molar-refractivity contribution in [2.45, 2.75) is 50.7 Å². The predicted molar refractivity (Wildman–Crippen MR) is 102 cm³/mol. The van der Waals surface area contributed by atoms with Crippen molar-refractivity contribution in [1.29, 1.82) is 0 Å². The molecule has 4 aliphatic heterocycles. The van der Waals surface area contributed by atoms with E-state index in [2.05, 4.69) is 31.4 Å². The molecule has 8 nitrogen and oxygen atoms in total. The van der Waals surface area contributed by atoms with Crippen LogP contribution in [0.1, 0.15) is 36.6 Å². The highest BCUT2D eigenvalue weighted by Crippen LogP contribution is 2.47. The number of carbonyl (C=O) groups is 1. The SMILES string of the molecule is Cc1nnnn1CCC(=O)N1C[C@@H](c2cccc(O)c2)[C@@H]2[C@H]1C1CCN2CC1. The number of phenolic OH excluding ortho intramolecular Hbond substituents is 1. The number of hydrogen-bond acceptors (Lipinski definition) is 6. The lowest BCUT2D eigenvalue weighted by Crippen LogP contribution is -2.60. The lowest BCUT2D eigenvalue weighted by atomic mass is 9.75. The Balaban J connectivity index is 1.40. The molecule has 8 heteroatoms. The molecule has 4 aliphatic rings. The molecule has 0 saturated carbocycles. The average Bonchev–Trinajstić information content (AvgIpc) is 3.32. The summed E-state index contributed by atoms with van der Waals surface area (Å²) in [5.41, 5.74) is 1.13. The number of aromatic nitrogens is 4. The molecular weight excluding hydrogens is 356 g/mol. The second-order valence-electron chi connectivity index (χ2n) is 8.30. The van der Waals surface area contributed by atoms with Crippen LogP contribution >= 0.6 is 0 Å². The molecule has 4 fully saturated rings. The number of tetrazole rings is 1. The van der Waals surface area contributed by atoms with Crippen LogP contribution in [0.2, 0.25) is 0 Å². The molecule has 148 valence electrons. The summed E-state index contributed by atoms with van der Waals surface area (Å²) in [6.07, 6.45) is 2.75. The van der Waals surface area contributed by atoms with Gasteiger partial charge < -0.3 is 10.0 Å². The highest BCUT2D eigenvalue weighted by Gasteiger charge is 2.54. The molecular formula is C20H26N6O2. The van der Waals surface area contributed by atoms with Crippen molar-refractivity contribution in [1.82, 2.24) is 30.0 Å². The van der Waals surface area contributed by atoms with Crippen LogP contribution in [0, 0.1) is 12.8 Å². The fourth-order valence-corrected chi connectivity index (χ4v) is 5.55. The Kier molecular flexibility index (Phi) is 4.30. The topological polar surface area (TPSA) is 87.4 Å². The number of aromatic hydroxyl groups is 1. The largest absolute Gasteiger partial charge is 0.508 e. The molecule has 1 amide bonds. The van der Waals surface area contributed by atoms with E-state index >= 15 is 0 Å². The van der Waals surface area contributed by atoms with E-state index in [9.17, 15) is 9.90 Å². The minimum absolute atomic E-state index is 0.182. The molecule has 1 N–H and O–H groups in total. The Labute approximate surface area is 164 Å². The summed E-state index contributed by atoms with van der Waals surface area (Å²) >= 11 is 0. The van der Waals surface area contributed by atoms with Gasteiger partial charge in [-0.3, -0.25) is 9.69 Å². The van der Waals surface area contributed by atoms with E-state index in [0.29, 0.717) is 30.7 Å². The number of piperidine rings is 3. The summed E-state index contributed by atoms with van der Waals surface area (Å²) in [6.45, 7) is 5.32. The minimum atomic E-state index is 0.182. The van der Waals surface area contributed by atoms with Crippen molar-refractivity contribution in [3.8, 4) is 5.75 Å². The number of phenols is 1. The third kappa shape index (κ3) is 2.87. The summed E-state index contributed by atoms with van der Waals surface area (Å²) in [6, 6.07) is 8.19. The quantitative estimate of drug-likeness (QED) is 0.854. The third-order valence-electron chi connectivity index (χ3n) is 6.86. The van der Waals surface area contributed by atoms with Gasteiger partial charge in [-0.1, -0.05) is 12.1 Å². The minimum Gasteiger partial charge on any atom is -0.508 e. The monoisotopic (exact) mass is 382 g/mol. The van der Waals surface area contributed by atoms with E-state index in [1.807, 2.05) is 19.1 Å². The van der Waals surface area contributed by atoms with E-state index in [1.165, 1.54) is 12.8 Å². The van der Waals surface area contributed by atoms with Gasteiger partial charge in [0.1, 0.15) is 11.6 Å². The first kappa shape index (κ1) is 17.6. The van der Waals surface area contributed by atoms with Gasteiger partial charge in [0.2, 0.25) is 5.91 Å². The van der Waals surface area contributed by atoms with E-state index in [4.69, 9.17) is 0 Å². The Morgan fingerprint density at radius 1 is 1.25 bits per heavy atom. The number of aryl methyl sites for hydroxylation is 2. The van der Waals surface area contributed by atoms with Gasteiger partial charge in [-0.05, 0) is 66.9 Å². The van der Waals surface area contributed by atoms with Crippen LogP contribution in [0.25, 0.3) is 0 Å². The van der Waals surface area contributed by atoms with E-state index in [-0.39, 0.29) is 17.9 Å². The van der Waals surface area contributed by atoms with Gasteiger partial charge in [-0.2, -0.15) is 0 Å². The van der Waals surface area contributed by atoms with Crippen LogP contribution in [0.3, 0.4) is 0 Å². The molecule has 28 heavy (non-hydrogen) atoms. The number of amides is 1. The molecule has 2 aromatic rings. The summed E-state index contributed by atoms with van der Waals surface area (Å²) in [4.78, 5) is 17.9. The maximum absolute atomic E-state index is 13.2. The van der Waals surface area contributed by atoms with Crippen molar-refractivity contribution in [2.24, 2.45) is 5.92 Å². The summed E-state index contributed by atoms with van der Waals surface area (Å²) in [5.74, 6) is 2.03.